The molecule has 1 aliphatic heterocycles. The Bertz CT molecular complexity index is 496. The van der Waals surface area contributed by atoms with E-state index in [0.717, 1.165) is 10.6 Å². The van der Waals surface area contributed by atoms with Crippen LogP contribution in [0.15, 0.2) is 41.1 Å². The third-order valence-corrected chi connectivity index (χ3v) is 2.82. The molecule has 17 heavy (non-hydrogen) atoms. The first-order valence-electron chi connectivity index (χ1n) is 5.23. The van der Waals surface area contributed by atoms with Gasteiger partial charge in [-0.15, -0.1) is 0 Å². The molecule has 0 fully saturated rings. The molecule has 0 aromatic heterocycles. The molecule has 0 atom stereocenters. The summed E-state index contributed by atoms with van der Waals surface area (Å²) in [5.41, 5.74) is 0.865. The number of halogens is 1. The largest absolute Gasteiger partial charge is 0.350 e. The van der Waals surface area contributed by atoms with E-state index in [1.807, 2.05) is 18.2 Å². The van der Waals surface area contributed by atoms with Crippen LogP contribution >= 0.6 is 11.6 Å². The van der Waals surface area contributed by atoms with Crippen molar-refractivity contribution in [1.82, 2.24) is 4.90 Å². The predicted molar refractivity (Wildman–Crippen MR) is 65.3 cm³/mol. The Morgan fingerprint density at radius 1 is 1.18 bits per heavy atom. The molecule has 88 valence electrons. The van der Waals surface area contributed by atoms with Gasteiger partial charge in [0.1, 0.15) is 10.7 Å². The number of benzene rings is 1. The molecule has 0 unspecified atom stereocenters. The molecule has 4 nitrogen and oxygen atoms in total. The van der Waals surface area contributed by atoms with Crippen molar-refractivity contribution < 1.29 is 9.59 Å². The number of para-hydroxylation sites is 1. The summed E-state index contributed by atoms with van der Waals surface area (Å²) in [7, 11) is 0. The maximum Gasteiger partial charge on any atom is 0.278 e. The molecule has 1 heterocycles. The summed E-state index contributed by atoms with van der Waals surface area (Å²) in [6.45, 7) is 2.04. The molecule has 0 radical (unpaired) electrons. The summed E-state index contributed by atoms with van der Waals surface area (Å²) in [5.74, 6) is -0.830. The molecular weight excluding hydrogens is 240 g/mol. The minimum Gasteiger partial charge on any atom is -0.350 e. The zero-order chi connectivity index (χ0) is 12.4. The number of rotatable bonds is 3. The molecule has 1 aromatic rings. The minimum atomic E-state index is -0.447. The van der Waals surface area contributed by atoms with Crippen LogP contribution in [0.3, 0.4) is 0 Å². The maximum absolute atomic E-state index is 11.9. The number of imide groups is 1. The van der Waals surface area contributed by atoms with Gasteiger partial charge < -0.3 is 5.32 Å². The van der Waals surface area contributed by atoms with Crippen molar-refractivity contribution >= 4 is 29.1 Å². The molecule has 1 aliphatic rings. The van der Waals surface area contributed by atoms with Gasteiger partial charge >= 0.3 is 0 Å². The van der Waals surface area contributed by atoms with Crippen molar-refractivity contribution in [1.29, 1.82) is 0 Å². The second-order valence-electron chi connectivity index (χ2n) is 3.53. The van der Waals surface area contributed by atoms with E-state index in [2.05, 4.69) is 5.32 Å². The fourth-order valence-electron chi connectivity index (χ4n) is 1.61. The SMILES string of the molecule is CCN1C(=O)C(Cl)=C(Nc2ccccc2)C1=O. The summed E-state index contributed by atoms with van der Waals surface area (Å²) in [4.78, 5) is 24.6. The molecular formula is C12H11ClN2O2. The number of hydrogen-bond donors (Lipinski definition) is 1. The quantitative estimate of drug-likeness (QED) is 0.834. The highest BCUT2D eigenvalue weighted by Crippen LogP contribution is 2.24. The number of likely N-dealkylation sites (N-methyl/N-ethyl adjacent to an activating group) is 1. The van der Waals surface area contributed by atoms with Crippen molar-refractivity contribution in [3.8, 4) is 0 Å². The Labute approximate surface area is 104 Å². The highest BCUT2D eigenvalue weighted by atomic mass is 35.5. The Morgan fingerprint density at radius 3 is 2.35 bits per heavy atom. The van der Waals surface area contributed by atoms with Crippen molar-refractivity contribution in [2.24, 2.45) is 0 Å². The van der Waals surface area contributed by atoms with E-state index < -0.39 is 5.91 Å². The van der Waals surface area contributed by atoms with Crippen LogP contribution < -0.4 is 5.32 Å². The first kappa shape index (κ1) is 11.7. The zero-order valence-corrected chi connectivity index (χ0v) is 9.99. The van der Waals surface area contributed by atoms with Crippen molar-refractivity contribution in [2.75, 3.05) is 11.9 Å². The maximum atomic E-state index is 11.9. The smallest absolute Gasteiger partial charge is 0.278 e. The Hall–Kier alpha value is -1.81. The summed E-state index contributed by atoms with van der Waals surface area (Å²) in [6, 6.07) is 9.11. The highest BCUT2D eigenvalue weighted by Gasteiger charge is 2.36. The topological polar surface area (TPSA) is 49.4 Å². The van der Waals surface area contributed by atoms with Crippen LogP contribution in [0, 0.1) is 0 Å². The van der Waals surface area contributed by atoms with Crippen molar-refractivity contribution in [3.05, 3.63) is 41.1 Å². The van der Waals surface area contributed by atoms with Crippen molar-refractivity contribution in [2.45, 2.75) is 6.92 Å². The van der Waals surface area contributed by atoms with E-state index in [1.165, 1.54) is 0 Å². The lowest BCUT2D eigenvalue weighted by Gasteiger charge is -2.11. The number of carbonyl (C=O) groups is 2. The summed E-state index contributed by atoms with van der Waals surface area (Å²) < 4.78 is 0. The second-order valence-corrected chi connectivity index (χ2v) is 3.91. The summed E-state index contributed by atoms with van der Waals surface area (Å²) in [5, 5.41) is 2.82. The molecule has 1 aromatic carbocycles. The number of amides is 2. The predicted octanol–water partition coefficient (Wildman–Crippen LogP) is 1.94. The molecule has 2 amide bonds. The van der Waals surface area contributed by atoms with Crippen LogP contribution in [0.2, 0.25) is 0 Å². The first-order valence-corrected chi connectivity index (χ1v) is 5.61. The molecule has 0 bridgehead atoms. The average molecular weight is 251 g/mol. The van der Waals surface area contributed by atoms with Crippen LogP contribution in [0.5, 0.6) is 0 Å². The fraction of sp³-hybridized carbons (Fsp3) is 0.167. The normalized spacial score (nSPS) is 15.8. The van der Waals surface area contributed by atoms with E-state index in [4.69, 9.17) is 11.6 Å². The Kier molecular flexibility index (Phi) is 3.15. The van der Waals surface area contributed by atoms with Crippen LogP contribution in [0.4, 0.5) is 5.69 Å². The Balaban J connectivity index is 2.27. The first-order chi connectivity index (χ1) is 8.15. The lowest BCUT2D eigenvalue weighted by atomic mass is 10.3. The average Bonchev–Trinajstić information content (AvgIpc) is 2.55. The van der Waals surface area contributed by atoms with Gasteiger partial charge in [-0.1, -0.05) is 29.8 Å². The van der Waals surface area contributed by atoms with E-state index in [0.29, 0.717) is 6.54 Å². The number of anilines is 1. The van der Waals surface area contributed by atoms with Gasteiger partial charge in [0, 0.05) is 12.2 Å². The highest BCUT2D eigenvalue weighted by molar-refractivity contribution is 6.48. The number of nitrogens with one attached hydrogen (secondary N) is 1. The van der Waals surface area contributed by atoms with Gasteiger partial charge in [0.25, 0.3) is 11.8 Å². The number of hydrogen-bond acceptors (Lipinski definition) is 3. The van der Waals surface area contributed by atoms with Gasteiger partial charge in [-0.2, -0.15) is 0 Å². The van der Waals surface area contributed by atoms with Gasteiger partial charge in [-0.25, -0.2) is 0 Å². The van der Waals surface area contributed by atoms with Crippen LogP contribution in [0.25, 0.3) is 0 Å². The standard InChI is InChI=1S/C12H11ClN2O2/c1-2-15-11(16)9(13)10(12(15)17)14-8-6-4-3-5-7-8/h3-7,14H,2H2,1H3. The molecule has 5 heteroatoms. The third-order valence-electron chi connectivity index (χ3n) is 2.47. The molecule has 0 saturated heterocycles. The van der Waals surface area contributed by atoms with Gasteiger partial charge in [-0.05, 0) is 19.1 Å². The van der Waals surface area contributed by atoms with Gasteiger partial charge in [-0.3, -0.25) is 14.5 Å². The zero-order valence-electron chi connectivity index (χ0n) is 9.24. The number of nitrogens with zero attached hydrogens (tertiary/aromatic N) is 1. The van der Waals surface area contributed by atoms with Crippen LogP contribution in [-0.4, -0.2) is 23.3 Å². The van der Waals surface area contributed by atoms with Gasteiger partial charge in [0.2, 0.25) is 0 Å². The fourth-order valence-corrected chi connectivity index (χ4v) is 1.84. The molecule has 2 rings (SSSR count). The lowest BCUT2D eigenvalue weighted by molar-refractivity contribution is -0.136. The van der Waals surface area contributed by atoms with E-state index in [1.54, 1.807) is 19.1 Å². The number of carbonyl (C=O) groups excluding carboxylic acids is 2. The minimum absolute atomic E-state index is 0.0549. The summed E-state index contributed by atoms with van der Waals surface area (Å²) >= 11 is 5.85. The Morgan fingerprint density at radius 2 is 1.82 bits per heavy atom. The van der Waals surface area contributed by atoms with Crippen molar-refractivity contribution in [3.63, 3.8) is 0 Å². The van der Waals surface area contributed by atoms with E-state index in [9.17, 15) is 9.59 Å². The van der Waals surface area contributed by atoms with Crippen LogP contribution in [-0.2, 0) is 9.59 Å². The molecule has 1 N–H and O–H groups in total. The second kappa shape index (κ2) is 4.59. The monoisotopic (exact) mass is 250 g/mol. The molecule has 0 spiro atoms. The van der Waals surface area contributed by atoms with Gasteiger partial charge in [0.15, 0.2) is 0 Å². The van der Waals surface area contributed by atoms with Gasteiger partial charge in [0.05, 0.1) is 0 Å². The third kappa shape index (κ3) is 2.03. The van der Waals surface area contributed by atoms with E-state index in [-0.39, 0.29) is 16.6 Å². The molecule has 0 saturated carbocycles. The molecule has 0 aliphatic carbocycles. The summed E-state index contributed by atoms with van der Waals surface area (Å²) in [6.07, 6.45) is 0. The lowest BCUT2D eigenvalue weighted by Crippen LogP contribution is -2.31. The van der Waals surface area contributed by atoms with Crippen LogP contribution in [0.1, 0.15) is 6.92 Å². The van der Waals surface area contributed by atoms with E-state index >= 15 is 0 Å².